The van der Waals surface area contributed by atoms with Crippen LogP contribution < -0.4 is 0 Å². The Labute approximate surface area is 170 Å². The number of carbonyl (C=O) groups is 1. The van der Waals surface area contributed by atoms with Crippen LogP contribution in [0, 0.1) is 0 Å². The van der Waals surface area contributed by atoms with Crippen molar-refractivity contribution >= 4 is 21.9 Å². The Morgan fingerprint density at radius 2 is 1.56 bits per heavy atom. The topological polar surface area (TPSA) is 29.5 Å². The van der Waals surface area contributed by atoms with Gasteiger partial charge in [-0.2, -0.15) is 0 Å². The largest absolute Gasteiger partial charge is 0.462 e. The standard InChI is InChI=1S/C23H28BrNO2/c1-25(2)16-18-3-7-19(8-4-18)20-9-13-22(14-10-20)27-23(26)15-17-5-11-21(24)12-6-17/h3-8,11-12,20,22H,9-10,13-16H2,1-2H3. The van der Waals surface area contributed by atoms with Gasteiger partial charge in [0.1, 0.15) is 6.10 Å². The predicted molar refractivity (Wildman–Crippen MR) is 113 cm³/mol. The maximum atomic E-state index is 12.2. The van der Waals surface area contributed by atoms with Crippen LogP contribution in [0.2, 0.25) is 0 Å². The molecule has 27 heavy (non-hydrogen) atoms. The fourth-order valence-corrected chi connectivity index (χ4v) is 4.04. The number of hydrogen-bond acceptors (Lipinski definition) is 3. The third kappa shape index (κ3) is 6.18. The second-order valence-corrected chi connectivity index (χ2v) is 8.66. The second kappa shape index (κ2) is 9.52. The summed E-state index contributed by atoms with van der Waals surface area (Å²) < 4.78 is 6.74. The molecule has 1 saturated carbocycles. The number of benzene rings is 2. The Bertz CT molecular complexity index is 732. The minimum atomic E-state index is -0.117. The average molecular weight is 430 g/mol. The fraction of sp³-hybridized carbons (Fsp3) is 0.435. The summed E-state index contributed by atoms with van der Waals surface area (Å²) in [5.74, 6) is 0.466. The van der Waals surface area contributed by atoms with Crippen molar-refractivity contribution in [2.75, 3.05) is 14.1 Å². The van der Waals surface area contributed by atoms with E-state index >= 15 is 0 Å². The van der Waals surface area contributed by atoms with Crippen molar-refractivity contribution in [1.82, 2.24) is 4.90 Å². The molecule has 0 bridgehead atoms. The summed E-state index contributed by atoms with van der Waals surface area (Å²) in [6.45, 7) is 0.974. The van der Waals surface area contributed by atoms with Crippen LogP contribution in [-0.2, 0) is 22.5 Å². The van der Waals surface area contributed by atoms with Crippen molar-refractivity contribution in [3.8, 4) is 0 Å². The molecule has 0 unspecified atom stereocenters. The molecular formula is C23H28BrNO2. The maximum absolute atomic E-state index is 12.2. The Kier molecular flexibility index (Phi) is 7.08. The minimum Gasteiger partial charge on any atom is -0.462 e. The van der Waals surface area contributed by atoms with E-state index in [-0.39, 0.29) is 12.1 Å². The monoisotopic (exact) mass is 429 g/mol. The Hall–Kier alpha value is -1.65. The normalized spacial score (nSPS) is 19.9. The lowest BCUT2D eigenvalue weighted by atomic mass is 9.82. The molecule has 2 aromatic rings. The van der Waals surface area contributed by atoms with E-state index in [2.05, 4.69) is 59.2 Å². The molecule has 1 fully saturated rings. The van der Waals surface area contributed by atoms with Crippen LogP contribution in [0.1, 0.15) is 48.3 Å². The highest BCUT2D eigenvalue weighted by Crippen LogP contribution is 2.34. The van der Waals surface area contributed by atoms with Gasteiger partial charge in [0.25, 0.3) is 0 Å². The molecule has 0 atom stereocenters. The SMILES string of the molecule is CN(C)Cc1ccc(C2CCC(OC(=O)Cc3ccc(Br)cc3)CC2)cc1. The van der Waals surface area contributed by atoms with Crippen molar-refractivity contribution in [3.63, 3.8) is 0 Å². The average Bonchev–Trinajstić information content (AvgIpc) is 2.64. The molecule has 2 aromatic carbocycles. The van der Waals surface area contributed by atoms with Gasteiger partial charge in [-0.3, -0.25) is 4.79 Å². The van der Waals surface area contributed by atoms with Crippen LogP contribution in [0.15, 0.2) is 53.0 Å². The van der Waals surface area contributed by atoms with Crippen LogP contribution in [0.4, 0.5) is 0 Å². The van der Waals surface area contributed by atoms with Crippen LogP contribution in [0.5, 0.6) is 0 Å². The maximum Gasteiger partial charge on any atom is 0.310 e. The number of rotatable bonds is 6. The van der Waals surface area contributed by atoms with Crippen LogP contribution in [0.3, 0.4) is 0 Å². The number of ether oxygens (including phenoxy) is 1. The molecule has 1 aliphatic carbocycles. The van der Waals surface area contributed by atoms with Gasteiger partial charge in [-0.1, -0.05) is 52.3 Å². The Morgan fingerprint density at radius 1 is 0.963 bits per heavy atom. The van der Waals surface area contributed by atoms with Gasteiger partial charge >= 0.3 is 5.97 Å². The summed E-state index contributed by atoms with van der Waals surface area (Å²) in [7, 11) is 4.18. The smallest absolute Gasteiger partial charge is 0.310 e. The molecule has 0 aromatic heterocycles. The molecule has 0 saturated heterocycles. The van der Waals surface area contributed by atoms with Gasteiger partial charge in [0.15, 0.2) is 0 Å². The van der Waals surface area contributed by atoms with Gasteiger partial charge in [0.2, 0.25) is 0 Å². The van der Waals surface area contributed by atoms with Crippen molar-refractivity contribution in [3.05, 3.63) is 69.7 Å². The van der Waals surface area contributed by atoms with Gasteiger partial charge in [-0.05, 0) is 74.5 Å². The quantitative estimate of drug-likeness (QED) is 0.581. The first-order valence-corrected chi connectivity index (χ1v) is 10.5. The number of nitrogens with zero attached hydrogens (tertiary/aromatic N) is 1. The lowest BCUT2D eigenvalue weighted by molar-refractivity contribution is -0.149. The van der Waals surface area contributed by atoms with E-state index in [1.807, 2.05) is 24.3 Å². The van der Waals surface area contributed by atoms with E-state index < -0.39 is 0 Å². The fourth-order valence-electron chi connectivity index (χ4n) is 3.77. The zero-order chi connectivity index (χ0) is 19.2. The molecule has 4 heteroatoms. The number of esters is 1. The lowest BCUT2D eigenvalue weighted by Crippen LogP contribution is -2.24. The predicted octanol–water partition coefficient (Wildman–Crippen LogP) is 5.32. The number of hydrogen-bond donors (Lipinski definition) is 0. The van der Waals surface area contributed by atoms with E-state index in [4.69, 9.17) is 4.74 Å². The molecular weight excluding hydrogens is 402 g/mol. The molecule has 1 aliphatic rings. The molecule has 0 amide bonds. The van der Waals surface area contributed by atoms with Crippen molar-refractivity contribution in [2.45, 2.75) is 50.7 Å². The van der Waals surface area contributed by atoms with Crippen LogP contribution >= 0.6 is 15.9 Å². The van der Waals surface area contributed by atoms with E-state index in [1.54, 1.807) is 0 Å². The van der Waals surface area contributed by atoms with E-state index in [9.17, 15) is 4.79 Å². The van der Waals surface area contributed by atoms with Gasteiger partial charge in [0, 0.05) is 11.0 Å². The summed E-state index contributed by atoms with van der Waals surface area (Å²) >= 11 is 3.41. The number of halogens is 1. The highest BCUT2D eigenvalue weighted by molar-refractivity contribution is 9.10. The molecule has 0 N–H and O–H groups in total. The van der Waals surface area contributed by atoms with Crippen LogP contribution in [0.25, 0.3) is 0 Å². The lowest BCUT2D eigenvalue weighted by Gasteiger charge is -2.28. The van der Waals surface area contributed by atoms with E-state index in [0.29, 0.717) is 12.3 Å². The van der Waals surface area contributed by atoms with E-state index in [1.165, 1.54) is 11.1 Å². The van der Waals surface area contributed by atoms with Crippen molar-refractivity contribution in [2.24, 2.45) is 0 Å². The van der Waals surface area contributed by atoms with Gasteiger partial charge in [-0.25, -0.2) is 0 Å². The van der Waals surface area contributed by atoms with Crippen molar-refractivity contribution < 1.29 is 9.53 Å². The van der Waals surface area contributed by atoms with Gasteiger partial charge in [0.05, 0.1) is 6.42 Å². The highest BCUT2D eigenvalue weighted by atomic mass is 79.9. The van der Waals surface area contributed by atoms with Gasteiger partial charge < -0.3 is 9.64 Å². The molecule has 0 radical (unpaired) electrons. The molecule has 0 spiro atoms. The number of carbonyl (C=O) groups excluding carboxylic acids is 1. The van der Waals surface area contributed by atoms with Gasteiger partial charge in [-0.15, -0.1) is 0 Å². The first kappa shape index (κ1) is 20.1. The molecule has 0 heterocycles. The van der Waals surface area contributed by atoms with E-state index in [0.717, 1.165) is 42.3 Å². The first-order valence-electron chi connectivity index (χ1n) is 9.67. The zero-order valence-electron chi connectivity index (χ0n) is 16.2. The molecule has 3 nitrogen and oxygen atoms in total. The zero-order valence-corrected chi connectivity index (χ0v) is 17.7. The van der Waals surface area contributed by atoms with Crippen molar-refractivity contribution in [1.29, 1.82) is 0 Å². The Morgan fingerprint density at radius 3 is 2.15 bits per heavy atom. The summed E-state index contributed by atoms with van der Waals surface area (Å²) in [6.07, 6.45) is 4.50. The third-order valence-corrected chi connectivity index (χ3v) is 5.71. The molecule has 3 rings (SSSR count). The summed E-state index contributed by atoms with van der Waals surface area (Å²) in [5.41, 5.74) is 3.76. The van der Waals surface area contributed by atoms with Crippen LogP contribution in [-0.4, -0.2) is 31.1 Å². The molecule has 0 aliphatic heterocycles. The third-order valence-electron chi connectivity index (χ3n) is 5.18. The first-order chi connectivity index (χ1) is 13.0. The minimum absolute atomic E-state index is 0.0669. The summed E-state index contributed by atoms with van der Waals surface area (Å²) in [5, 5.41) is 0. The molecule has 144 valence electrons. The highest BCUT2D eigenvalue weighted by Gasteiger charge is 2.25. The summed E-state index contributed by atoms with van der Waals surface area (Å²) in [6, 6.07) is 16.8. The summed E-state index contributed by atoms with van der Waals surface area (Å²) in [4.78, 5) is 14.4. The second-order valence-electron chi connectivity index (χ2n) is 7.75. The Balaban J connectivity index is 1.45.